The van der Waals surface area contributed by atoms with Crippen LogP contribution in [0, 0.1) is 6.92 Å². The third kappa shape index (κ3) is 4.40. The molecule has 3 aromatic rings. The topological polar surface area (TPSA) is 88.2 Å². The molecule has 1 amide bonds. The van der Waals surface area contributed by atoms with Gasteiger partial charge < -0.3 is 14.6 Å². The molecule has 0 aliphatic carbocycles. The molecule has 0 saturated carbocycles. The number of likely N-dealkylation sites (tertiary alicyclic amines) is 1. The first kappa shape index (κ1) is 19.8. The highest BCUT2D eigenvalue weighted by molar-refractivity contribution is 5.81. The van der Waals surface area contributed by atoms with Crippen molar-refractivity contribution in [3.63, 3.8) is 0 Å². The van der Waals surface area contributed by atoms with Crippen molar-refractivity contribution in [2.24, 2.45) is 0 Å². The number of carbonyl (C=O) groups is 1. The molecule has 1 aromatic carbocycles. The van der Waals surface area contributed by atoms with Crippen LogP contribution in [-0.2, 0) is 4.79 Å². The van der Waals surface area contributed by atoms with Crippen molar-refractivity contribution in [2.75, 3.05) is 13.1 Å². The molecule has 2 aromatic heterocycles. The smallest absolute Gasteiger partial charge is 0.263 e. The minimum absolute atomic E-state index is 0.00490. The molecule has 1 aliphatic rings. The fourth-order valence-corrected chi connectivity index (χ4v) is 3.64. The van der Waals surface area contributed by atoms with E-state index in [9.17, 15) is 9.59 Å². The summed E-state index contributed by atoms with van der Waals surface area (Å²) < 4.78 is 5.81. The van der Waals surface area contributed by atoms with E-state index in [4.69, 9.17) is 4.74 Å². The Labute approximate surface area is 174 Å². The van der Waals surface area contributed by atoms with Gasteiger partial charge in [0.15, 0.2) is 11.9 Å². The van der Waals surface area contributed by atoms with E-state index in [0.29, 0.717) is 36.1 Å². The van der Waals surface area contributed by atoms with Crippen molar-refractivity contribution >= 4 is 5.91 Å². The van der Waals surface area contributed by atoms with E-state index >= 15 is 0 Å². The van der Waals surface area contributed by atoms with Crippen molar-refractivity contribution < 1.29 is 9.53 Å². The fourth-order valence-electron chi connectivity index (χ4n) is 3.64. The van der Waals surface area contributed by atoms with Crippen molar-refractivity contribution in [2.45, 2.75) is 32.3 Å². The molecule has 1 N–H and O–H groups in total. The van der Waals surface area contributed by atoms with Gasteiger partial charge in [0.1, 0.15) is 11.4 Å². The summed E-state index contributed by atoms with van der Waals surface area (Å²) in [4.78, 5) is 38.4. The second kappa shape index (κ2) is 8.49. The highest BCUT2D eigenvalue weighted by atomic mass is 16.5. The van der Waals surface area contributed by atoms with Gasteiger partial charge in [0.25, 0.3) is 11.5 Å². The Balaban J connectivity index is 1.45. The lowest BCUT2D eigenvalue weighted by atomic mass is 10.0. The molecule has 1 aliphatic heterocycles. The summed E-state index contributed by atoms with van der Waals surface area (Å²) in [6.45, 7) is 4.89. The van der Waals surface area contributed by atoms with Gasteiger partial charge in [-0.3, -0.25) is 14.6 Å². The standard InChI is InChI=1S/C23H24N4O3/c1-15-6-8-18(9-7-15)30-16(2)23(29)27-12-10-17(14-27)20-13-21(28)26-22(25-20)19-5-3-4-11-24-19/h3-9,11,13,16-17H,10,12,14H2,1-2H3,(H,25,26,28)/t16-,17+/m1/s1. The molecule has 1 saturated heterocycles. The van der Waals surface area contributed by atoms with Gasteiger partial charge in [0.2, 0.25) is 0 Å². The summed E-state index contributed by atoms with van der Waals surface area (Å²) in [5.41, 5.74) is 2.21. The van der Waals surface area contributed by atoms with E-state index in [1.54, 1.807) is 24.1 Å². The number of nitrogens with one attached hydrogen (secondary N) is 1. The number of carbonyl (C=O) groups excluding carboxylic acids is 1. The Morgan fingerprint density at radius 3 is 2.77 bits per heavy atom. The van der Waals surface area contributed by atoms with E-state index in [2.05, 4.69) is 15.0 Å². The van der Waals surface area contributed by atoms with Crippen LogP contribution in [0.15, 0.2) is 59.5 Å². The minimum Gasteiger partial charge on any atom is -0.481 e. The van der Waals surface area contributed by atoms with Crippen LogP contribution in [0.3, 0.4) is 0 Å². The van der Waals surface area contributed by atoms with Crippen LogP contribution in [0.2, 0.25) is 0 Å². The first-order valence-electron chi connectivity index (χ1n) is 10.0. The Kier molecular flexibility index (Phi) is 5.61. The number of aryl methyl sites for hydroxylation is 1. The molecule has 0 spiro atoms. The van der Waals surface area contributed by atoms with Gasteiger partial charge in [-0.05, 0) is 44.5 Å². The monoisotopic (exact) mass is 404 g/mol. The SMILES string of the molecule is Cc1ccc(O[C@H](C)C(=O)N2CC[C@H](c3cc(=O)[nH]c(-c4ccccn4)n3)C2)cc1. The van der Waals surface area contributed by atoms with Crippen LogP contribution in [-0.4, -0.2) is 45.0 Å². The highest BCUT2D eigenvalue weighted by Gasteiger charge is 2.31. The number of ether oxygens (including phenoxy) is 1. The maximum Gasteiger partial charge on any atom is 0.263 e. The minimum atomic E-state index is -0.581. The van der Waals surface area contributed by atoms with E-state index in [-0.39, 0.29) is 17.4 Å². The van der Waals surface area contributed by atoms with Crippen LogP contribution in [0.5, 0.6) is 5.75 Å². The summed E-state index contributed by atoms with van der Waals surface area (Å²) in [6, 6.07) is 14.6. The second-order valence-corrected chi connectivity index (χ2v) is 7.58. The zero-order chi connectivity index (χ0) is 21.1. The van der Waals surface area contributed by atoms with Crippen LogP contribution in [0.1, 0.15) is 30.5 Å². The highest BCUT2D eigenvalue weighted by Crippen LogP contribution is 2.27. The molecule has 7 heteroatoms. The zero-order valence-corrected chi connectivity index (χ0v) is 17.0. The summed E-state index contributed by atoms with van der Waals surface area (Å²) in [6.07, 6.45) is 1.83. The van der Waals surface area contributed by atoms with Gasteiger partial charge in [0, 0.05) is 31.3 Å². The molecule has 7 nitrogen and oxygen atoms in total. The largest absolute Gasteiger partial charge is 0.481 e. The number of benzene rings is 1. The predicted molar refractivity (Wildman–Crippen MR) is 113 cm³/mol. The summed E-state index contributed by atoms with van der Waals surface area (Å²) in [5.74, 6) is 1.06. The number of H-pyrrole nitrogens is 1. The Morgan fingerprint density at radius 1 is 1.23 bits per heavy atom. The lowest BCUT2D eigenvalue weighted by Gasteiger charge is -2.22. The van der Waals surface area contributed by atoms with E-state index in [1.807, 2.05) is 43.3 Å². The first-order valence-corrected chi connectivity index (χ1v) is 10.0. The molecule has 0 unspecified atom stereocenters. The molecular weight excluding hydrogens is 380 g/mol. The number of amides is 1. The van der Waals surface area contributed by atoms with Gasteiger partial charge in [-0.2, -0.15) is 0 Å². The Morgan fingerprint density at radius 2 is 2.03 bits per heavy atom. The molecule has 0 radical (unpaired) electrons. The quantitative estimate of drug-likeness (QED) is 0.706. The lowest BCUT2D eigenvalue weighted by Crippen LogP contribution is -2.39. The van der Waals surface area contributed by atoms with Crippen LogP contribution < -0.4 is 10.3 Å². The number of pyridine rings is 1. The molecule has 4 rings (SSSR count). The van der Waals surface area contributed by atoms with Gasteiger partial charge in [-0.1, -0.05) is 23.8 Å². The van der Waals surface area contributed by atoms with Crippen LogP contribution in [0.4, 0.5) is 0 Å². The maximum atomic E-state index is 12.9. The molecule has 3 heterocycles. The van der Waals surface area contributed by atoms with E-state index in [1.165, 1.54) is 6.07 Å². The zero-order valence-electron chi connectivity index (χ0n) is 17.0. The normalized spacial score (nSPS) is 17.0. The molecule has 0 bridgehead atoms. The van der Waals surface area contributed by atoms with Crippen molar-refractivity contribution in [1.29, 1.82) is 0 Å². The van der Waals surface area contributed by atoms with Gasteiger partial charge in [-0.25, -0.2) is 4.98 Å². The van der Waals surface area contributed by atoms with Crippen molar-refractivity contribution in [1.82, 2.24) is 19.9 Å². The number of hydrogen-bond acceptors (Lipinski definition) is 5. The summed E-state index contributed by atoms with van der Waals surface area (Å²) in [5, 5.41) is 0. The third-order valence-electron chi connectivity index (χ3n) is 5.27. The Bertz CT molecular complexity index is 1080. The second-order valence-electron chi connectivity index (χ2n) is 7.58. The molecule has 30 heavy (non-hydrogen) atoms. The number of nitrogens with zero attached hydrogens (tertiary/aromatic N) is 3. The number of aromatic amines is 1. The van der Waals surface area contributed by atoms with Crippen LogP contribution >= 0.6 is 0 Å². The maximum absolute atomic E-state index is 12.9. The molecular formula is C23H24N4O3. The average Bonchev–Trinajstić information content (AvgIpc) is 3.25. The van der Waals surface area contributed by atoms with E-state index in [0.717, 1.165) is 12.0 Å². The molecule has 154 valence electrons. The Hall–Kier alpha value is -3.48. The third-order valence-corrected chi connectivity index (χ3v) is 5.27. The molecule has 2 atom stereocenters. The molecule has 1 fully saturated rings. The average molecular weight is 404 g/mol. The van der Waals surface area contributed by atoms with Crippen LogP contribution in [0.25, 0.3) is 11.5 Å². The van der Waals surface area contributed by atoms with Gasteiger partial charge >= 0.3 is 0 Å². The van der Waals surface area contributed by atoms with Crippen molar-refractivity contribution in [3.05, 3.63) is 76.3 Å². The number of rotatable bonds is 5. The first-order chi connectivity index (χ1) is 14.5. The summed E-state index contributed by atoms with van der Waals surface area (Å²) >= 11 is 0. The van der Waals surface area contributed by atoms with Crippen molar-refractivity contribution in [3.8, 4) is 17.3 Å². The number of aromatic nitrogens is 3. The predicted octanol–water partition coefficient (Wildman–Crippen LogP) is 2.92. The van der Waals surface area contributed by atoms with Gasteiger partial charge in [0.05, 0.1) is 5.69 Å². The van der Waals surface area contributed by atoms with Gasteiger partial charge in [-0.15, -0.1) is 0 Å². The number of hydrogen-bond donors (Lipinski definition) is 1. The fraction of sp³-hybridized carbons (Fsp3) is 0.304. The summed E-state index contributed by atoms with van der Waals surface area (Å²) in [7, 11) is 0. The van der Waals surface area contributed by atoms with E-state index < -0.39 is 6.10 Å². The lowest BCUT2D eigenvalue weighted by molar-refractivity contribution is -0.136.